The van der Waals surface area contributed by atoms with E-state index in [-0.39, 0.29) is 12.0 Å². The molecule has 0 bridgehead atoms. The van der Waals surface area contributed by atoms with Crippen molar-refractivity contribution in [1.29, 1.82) is 0 Å². The van der Waals surface area contributed by atoms with E-state index in [1.54, 1.807) is 0 Å². The van der Waals surface area contributed by atoms with Gasteiger partial charge in [0.25, 0.3) is 0 Å². The molecule has 0 radical (unpaired) electrons. The summed E-state index contributed by atoms with van der Waals surface area (Å²) in [4.78, 5) is 14.3. The van der Waals surface area contributed by atoms with E-state index in [4.69, 9.17) is 4.74 Å². The number of carbonyl (C=O) groups is 1. The summed E-state index contributed by atoms with van der Waals surface area (Å²) in [5, 5.41) is 3.08. The molecule has 4 heteroatoms. The van der Waals surface area contributed by atoms with Gasteiger partial charge in [0, 0.05) is 13.1 Å². The summed E-state index contributed by atoms with van der Waals surface area (Å²) in [6, 6.07) is -0.154. The molecule has 1 saturated heterocycles. The molecule has 0 amide bonds. The molecular weight excluding hydrogens is 252 g/mol. The molecule has 2 fully saturated rings. The van der Waals surface area contributed by atoms with E-state index in [0.29, 0.717) is 6.61 Å². The van der Waals surface area contributed by atoms with Crippen LogP contribution in [0.4, 0.5) is 0 Å². The number of likely N-dealkylation sites (N-methyl/N-ethyl adjacent to an activating group) is 1. The highest BCUT2D eigenvalue weighted by molar-refractivity contribution is 5.75. The number of fused-ring (bicyclic) bond motifs is 1. The highest BCUT2D eigenvalue weighted by Gasteiger charge is 2.31. The standard InChI is InChI=1S/C16H30N2O2/c1-3-20-16(19)15(17-2)9-11-18-10-8-13-6-4-5-7-14(13)12-18/h13-15,17H,3-12H2,1-2H3. The van der Waals surface area contributed by atoms with Crippen LogP contribution in [-0.4, -0.2) is 50.2 Å². The lowest BCUT2D eigenvalue weighted by Gasteiger charge is -2.41. The van der Waals surface area contributed by atoms with Crippen LogP contribution in [0.15, 0.2) is 0 Å². The summed E-state index contributed by atoms with van der Waals surface area (Å²) in [7, 11) is 1.84. The Morgan fingerprint density at radius 1 is 1.30 bits per heavy atom. The summed E-state index contributed by atoms with van der Waals surface area (Å²) < 4.78 is 5.10. The molecule has 0 aromatic carbocycles. The zero-order chi connectivity index (χ0) is 14.4. The van der Waals surface area contributed by atoms with E-state index in [9.17, 15) is 4.79 Å². The van der Waals surface area contributed by atoms with Gasteiger partial charge in [-0.1, -0.05) is 19.3 Å². The average molecular weight is 282 g/mol. The smallest absolute Gasteiger partial charge is 0.323 e. The molecule has 116 valence electrons. The third kappa shape index (κ3) is 4.19. The van der Waals surface area contributed by atoms with Gasteiger partial charge in [0.05, 0.1) is 6.61 Å². The number of hydrogen-bond donors (Lipinski definition) is 1. The number of esters is 1. The van der Waals surface area contributed by atoms with Crippen LogP contribution in [0, 0.1) is 11.8 Å². The number of rotatable bonds is 6. The van der Waals surface area contributed by atoms with Gasteiger partial charge in [-0.05, 0) is 51.6 Å². The summed E-state index contributed by atoms with van der Waals surface area (Å²) in [6.45, 7) is 5.78. The van der Waals surface area contributed by atoms with Crippen molar-refractivity contribution < 1.29 is 9.53 Å². The maximum absolute atomic E-state index is 11.8. The van der Waals surface area contributed by atoms with Crippen molar-refractivity contribution in [3.8, 4) is 0 Å². The van der Waals surface area contributed by atoms with E-state index in [2.05, 4.69) is 10.2 Å². The fourth-order valence-electron chi connectivity index (χ4n) is 3.81. The van der Waals surface area contributed by atoms with Crippen molar-refractivity contribution >= 4 is 5.97 Å². The number of nitrogens with one attached hydrogen (secondary N) is 1. The van der Waals surface area contributed by atoms with Crippen LogP contribution in [0.1, 0.15) is 45.4 Å². The predicted molar refractivity (Wildman–Crippen MR) is 80.6 cm³/mol. The van der Waals surface area contributed by atoms with E-state index in [1.807, 2.05) is 14.0 Å². The van der Waals surface area contributed by atoms with Crippen LogP contribution in [-0.2, 0) is 9.53 Å². The number of piperidine rings is 1. The molecule has 1 saturated carbocycles. The van der Waals surface area contributed by atoms with E-state index in [1.165, 1.54) is 45.2 Å². The molecule has 20 heavy (non-hydrogen) atoms. The lowest BCUT2D eigenvalue weighted by atomic mass is 9.75. The average Bonchev–Trinajstić information content (AvgIpc) is 2.48. The largest absolute Gasteiger partial charge is 0.465 e. The van der Waals surface area contributed by atoms with Crippen LogP contribution in [0.5, 0.6) is 0 Å². The molecule has 1 aliphatic heterocycles. The first kappa shape index (κ1) is 15.8. The number of carbonyl (C=O) groups excluding carboxylic acids is 1. The molecule has 0 aromatic rings. The Bertz CT molecular complexity index is 309. The zero-order valence-electron chi connectivity index (χ0n) is 13.1. The van der Waals surface area contributed by atoms with Crippen LogP contribution >= 0.6 is 0 Å². The fourth-order valence-corrected chi connectivity index (χ4v) is 3.81. The van der Waals surface area contributed by atoms with Crippen molar-refractivity contribution in [2.75, 3.05) is 33.3 Å². The van der Waals surface area contributed by atoms with Gasteiger partial charge in [0.1, 0.15) is 6.04 Å². The second-order valence-corrected chi connectivity index (χ2v) is 6.28. The van der Waals surface area contributed by atoms with Crippen LogP contribution in [0.25, 0.3) is 0 Å². The first-order chi connectivity index (χ1) is 9.74. The third-order valence-electron chi connectivity index (χ3n) is 5.03. The third-order valence-corrected chi connectivity index (χ3v) is 5.03. The zero-order valence-corrected chi connectivity index (χ0v) is 13.1. The van der Waals surface area contributed by atoms with Crippen LogP contribution in [0.2, 0.25) is 0 Å². The van der Waals surface area contributed by atoms with Gasteiger partial charge in [-0.2, -0.15) is 0 Å². The Morgan fingerprint density at radius 3 is 2.75 bits per heavy atom. The van der Waals surface area contributed by atoms with Gasteiger partial charge in [0.15, 0.2) is 0 Å². The normalized spacial score (nSPS) is 28.7. The van der Waals surface area contributed by atoms with Crippen LogP contribution in [0.3, 0.4) is 0 Å². The lowest BCUT2D eigenvalue weighted by Crippen LogP contribution is -2.44. The van der Waals surface area contributed by atoms with Gasteiger partial charge in [-0.15, -0.1) is 0 Å². The van der Waals surface area contributed by atoms with Crippen molar-refractivity contribution in [2.45, 2.75) is 51.5 Å². The molecule has 1 N–H and O–H groups in total. The Morgan fingerprint density at radius 2 is 2.05 bits per heavy atom. The number of nitrogens with zero attached hydrogens (tertiary/aromatic N) is 1. The van der Waals surface area contributed by atoms with Gasteiger partial charge in [-0.3, -0.25) is 4.79 Å². The van der Waals surface area contributed by atoms with Crippen LogP contribution < -0.4 is 5.32 Å². The van der Waals surface area contributed by atoms with E-state index in [0.717, 1.165) is 24.8 Å². The highest BCUT2D eigenvalue weighted by Crippen LogP contribution is 2.35. The van der Waals surface area contributed by atoms with Crippen molar-refractivity contribution in [1.82, 2.24) is 10.2 Å². The minimum atomic E-state index is -0.154. The fraction of sp³-hybridized carbons (Fsp3) is 0.938. The molecule has 2 rings (SSSR count). The minimum Gasteiger partial charge on any atom is -0.465 e. The molecule has 1 aliphatic carbocycles. The number of hydrogen-bond acceptors (Lipinski definition) is 4. The van der Waals surface area contributed by atoms with E-state index < -0.39 is 0 Å². The minimum absolute atomic E-state index is 0.109. The second-order valence-electron chi connectivity index (χ2n) is 6.28. The lowest BCUT2D eigenvalue weighted by molar-refractivity contribution is -0.145. The molecular formula is C16H30N2O2. The van der Waals surface area contributed by atoms with Gasteiger partial charge >= 0.3 is 5.97 Å². The Kier molecular flexibility index (Phi) is 6.30. The monoisotopic (exact) mass is 282 g/mol. The Balaban J connectivity index is 1.74. The Hall–Kier alpha value is -0.610. The number of ether oxygens (including phenoxy) is 1. The summed E-state index contributed by atoms with van der Waals surface area (Å²) >= 11 is 0. The molecule has 0 aromatic heterocycles. The first-order valence-corrected chi connectivity index (χ1v) is 8.30. The predicted octanol–water partition coefficient (Wildman–Crippen LogP) is 2.04. The quantitative estimate of drug-likeness (QED) is 0.757. The molecule has 3 atom stereocenters. The van der Waals surface area contributed by atoms with Crippen molar-refractivity contribution in [3.63, 3.8) is 0 Å². The van der Waals surface area contributed by atoms with Gasteiger partial charge in [0.2, 0.25) is 0 Å². The molecule has 2 aliphatic rings. The maximum atomic E-state index is 11.8. The molecule has 1 heterocycles. The Labute approximate surface area is 123 Å². The van der Waals surface area contributed by atoms with E-state index >= 15 is 0 Å². The summed E-state index contributed by atoms with van der Waals surface area (Å²) in [5.74, 6) is 1.78. The molecule has 0 spiro atoms. The topological polar surface area (TPSA) is 41.6 Å². The van der Waals surface area contributed by atoms with Gasteiger partial charge < -0.3 is 15.0 Å². The van der Waals surface area contributed by atoms with Gasteiger partial charge in [-0.25, -0.2) is 0 Å². The highest BCUT2D eigenvalue weighted by atomic mass is 16.5. The second kappa shape index (κ2) is 7.99. The van der Waals surface area contributed by atoms with Crippen molar-refractivity contribution in [3.05, 3.63) is 0 Å². The SMILES string of the molecule is CCOC(=O)C(CCN1CCC2CCCCC2C1)NC. The first-order valence-electron chi connectivity index (χ1n) is 8.30. The number of likely N-dealkylation sites (tertiary alicyclic amines) is 1. The van der Waals surface area contributed by atoms with Crippen molar-refractivity contribution in [2.24, 2.45) is 11.8 Å². The molecule has 4 nitrogen and oxygen atoms in total. The summed E-state index contributed by atoms with van der Waals surface area (Å²) in [5.41, 5.74) is 0. The maximum Gasteiger partial charge on any atom is 0.323 e. The molecule has 3 unspecified atom stereocenters. The summed E-state index contributed by atoms with van der Waals surface area (Å²) in [6.07, 6.45) is 7.92.